The highest BCUT2D eigenvalue weighted by Gasteiger charge is 2.24. The second kappa shape index (κ2) is 5.69. The Hall–Kier alpha value is -2.14. The van der Waals surface area contributed by atoms with Gasteiger partial charge in [-0.3, -0.25) is 5.41 Å². The summed E-state index contributed by atoms with van der Waals surface area (Å²) < 4.78 is 0. The second-order valence-electron chi connectivity index (χ2n) is 5.48. The van der Waals surface area contributed by atoms with Gasteiger partial charge in [-0.25, -0.2) is 4.98 Å². The highest BCUT2D eigenvalue weighted by Crippen LogP contribution is 2.27. The molecule has 0 spiro atoms. The summed E-state index contributed by atoms with van der Waals surface area (Å²) in [6.45, 7) is 1.01. The fraction of sp³-hybridized carbons (Fsp3) is 0.375. The van der Waals surface area contributed by atoms with Gasteiger partial charge in [-0.15, -0.1) is 0 Å². The van der Waals surface area contributed by atoms with Gasteiger partial charge in [0.1, 0.15) is 11.7 Å². The van der Waals surface area contributed by atoms with Gasteiger partial charge in [0.2, 0.25) is 0 Å². The number of pyridine rings is 1. The van der Waals surface area contributed by atoms with Crippen molar-refractivity contribution in [1.82, 2.24) is 4.98 Å². The zero-order valence-corrected chi connectivity index (χ0v) is 11.9. The molecule has 0 amide bonds. The van der Waals surface area contributed by atoms with E-state index in [9.17, 15) is 5.11 Å². The molecule has 5 heteroatoms. The highest BCUT2D eigenvalue weighted by molar-refractivity contribution is 6.07. The molecule has 0 aliphatic carbocycles. The summed E-state index contributed by atoms with van der Waals surface area (Å²) in [6, 6.07) is 9.70. The number of aliphatic hydroxyl groups is 1. The van der Waals surface area contributed by atoms with Crippen LogP contribution in [0.15, 0.2) is 30.3 Å². The lowest BCUT2D eigenvalue weighted by atomic mass is 10.0. The first-order valence-corrected chi connectivity index (χ1v) is 7.32. The Bertz CT molecular complexity index is 670. The van der Waals surface area contributed by atoms with Crippen molar-refractivity contribution >= 4 is 22.6 Å². The van der Waals surface area contributed by atoms with Crippen molar-refractivity contribution in [3.05, 3.63) is 35.9 Å². The second-order valence-corrected chi connectivity index (χ2v) is 5.48. The number of nitrogens with two attached hydrogens (primary N) is 1. The van der Waals surface area contributed by atoms with E-state index in [0.717, 1.165) is 42.5 Å². The van der Waals surface area contributed by atoms with Crippen molar-refractivity contribution in [2.24, 2.45) is 5.73 Å². The number of hydrogen-bond acceptors (Lipinski definition) is 4. The van der Waals surface area contributed by atoms with Gasteiger partial charge in [0.25, 0.3) is 0 Å². The molecule has 1 atom stereocenters. The van der Waals surface area contributed by atoms with Crippen LogP contribution in [-0.2, 0) is 0 Å². The van der Waals surface area contributed by atoms with Crippen LogP contribution in [0.1, 0.15) is 24.8 Å². The number of nitrogen functional groups attached to an aromatic ring is 1. The van der Waals surface area contributed by atoms with Crippen molar-refractivity contribution in [3.63, 3.8) is 0 Å². The quantitative estimate of drug-likeness (QED) is 0.593. The Morgan fingerprint density at radius 1 is 1.38 bits per heavy atom. The molecule has 1 aromatic heterocycles. The Morgan fingerprint density at radius 2 is 2.19 bits per heavy atom. The third kappa shape index (κ3) is 2.56. The third-order valence-electron chi connectivity index (χ3n) is 4.12. The highest BCUT2D eigenvalue weighted by atomic mass is 16.3. The van der Waals surface area contributed by atoms with Crippen LogP contribution in [0, 0.1) is 5.41 Å². The largest absolute Gasteiger partial charge is 0.394 e. The fourth-order valence-corrected chi connectivity index (χ4v) is 3.02. The third-order valence-corrected chi connectivity index (χ3v) is 4.12. The van der Waals surface area contributed by atoms with Crippen molar-refractivity contribution < 1.29 is 5.11 Å². The lowest BCUT2D eigenvalue weighted by Crippen LogP contribution is -2.42. The molecule has 3 rings (SSSR count). The van der Waals surface area contributed by atoms with E-state index in [0.29, 0.717) is 5.56 Å². The standard InChI is InChI=1S/C16H20N4O/c17-16(18)13-9-15(19-14-7-2-1-6-12(13)14)20-8-4-3-5-11(20)10-21/h1-2,6-7,9,11,21H,3-5,8,10H2,(H3,17,18). The van der Waals surface area contributed by atoms with E-state index in [4.69, 9.17) is 16.1 Å². The Kier molecular flexibility index (Phi) is 3.75. The number of para-hydroxylation sites is 1. The maximum absolute atomic E-state index is 9.58. The number of nitrogens with one attached hydrogen (secondary N) is 1. The summed E-state index contributed by atoms with van der Waals surface area (Å²) >= 11 is 0. The van der Waals surface area contributed by atoms with Crippen molar-refractivity contribution in [2.75, 3.05) is 18.1 Å². The van der Waals surface area contributed by atoms with Crippen LogP contribution in [-0.4, -0.2) is 35.1 Å². The molecule has 1 saturated heterocycles. The molecule has 0 radical (unpaired) electrons. The van der Waals surface area contributed by atoms with Gasteiger partial charge in [0, 0.05) is 17.5 Å². The molecule has 1 aliphatic rings. The number of aliphatic hydroxyl groups excluding tert-OH is 1. The van der Waals surface area contributed by atoms with E-state index < -0.39 is 0 Å². The Morgan fingerprint density at radius 3 is 2.95 bits per heavy atom. The first-order chi connectivity index (χ1) is 10.2. The Balaban J connectivity index is 2.12. The molecule has 4 N–H and O–H groups in total. The van der Waals surface area contributed by atoms with Gasteiger partial charge >= 0.3 is 0 Å². The number of nitrogens with zero attached hydrogens (tertiary/aromatic N) is 2. The zero-order valence-electron chi connectivity index (χ0n) is 11.9. The molecule has 0 saturated carbocycles. The van der Waals surface area contributed by atoms with E-state index in [1.54, 1.807) is 0 Å². The number of fused-ring (bicyclic) bond motifs is 1. The average Bonchev–Trinajstić information content (AvgIpc) is 2.53. The van der Waals surface area contributed by atoms with Crippen molar-refractivity contribution in [2.45, 2.75) is 25.3 Å². The molecule has 2 aromatic rings. The molecule has 2 heterocycles. The molecule has 1 aromatic carbocycles. The van der Waals surface area contributed by atoms with Crippen molar-refractivity contribution in [3.8, 4) is 0 Å². The molecular formula is C16H20N4O. The number of anilines is 1. The maximum atomic E-state index is 9.58. The normalized spacial score (nSPS) is 18.9. The monoisotopic (exact) mass is 284 g/mol. The van der Waals surface area contributed by atoms with E-state index in [1.807, 2.05) is 30.3 Å². The number of aromatic nitrogens is 1. The van der Waals surface area contributed by atoms with Gasteiger partial charge in [-0.1, -0.05) is 18.2 Å². The number of rotatable bonds is 3. The van der Waals surface area contributed by atoms with Gasteiger partial charge in [0.15, 0.2) is 0 Å². The molecular weight excluding hydrogens is 264 g/mol. The summed E-state index contributed by atoms with van der Waals surface area (Å²) in [5.74, 6) is 0.852. The van der Waals surface area contributed by atoms with E-state index in [1.165, 1.54) is 0 Å². The number of amidine groups is 1. The maximum Gasteiger partial charge on any atom is 0.130 e. The predicted molar refractivity (Wildman–Crippen MR) is 84.8 cm³/mol. The van der Waals surface area contributed by atoms with E-state index in [2.05, 4.69) is 4.90 Å². The molecule has 1 unspecified atom stereocenters. The van der Waals surface area contributed by atoms with Gasteiger partial charge in [-0.05, 0) is 31.4 Å². The van der Waals surface area contributed by atoms with Crippen LogP contribution in [0.4, 0.5) is 5.82 Å². The van der Waals surface area contributed by atoms with Crippen LogP contribution in [0.5, 0.6) is 0 Å². The van der Waals surface area contributed by atoms with E-state index in [-0.39, 0.29) is 18.5 Å². The topological polar surface area (TPSA) is 86.2 Å². The molecule has 0 bridgehead atoms. The van der Waals surface area contributed by atoms with E-state index >= 15 is 0 Å². The average molecular weight is 284 g/mol. The van der Waals surface area contributed by atoms with Crippen LogP contribution in [0.3, 0.4) is 0 Å². The van der Waals surface area contributed by atoms with Gasteiger partial charge in [0.05, 0.1) is 18.2 Å². The predicted octanol–water partition coefficient (Wildman–Crippen LogP) is 1.87. The molecule has 110 valence electrons. The number of hydrogen-bond donors (Lipinski definition) is 3. The lowest BCUT2D eigenvalue weighted by molar-refractivity contribution is 0.239. The van der Waals surface area contributed by atoms with Crippen LogP contribution in [0.25, 0.3) is 10.9 Å². The molecule has 1 fully saturated rings. The van der Waals surface area contributed by atoms with Gasteiger partial charge in [-0.2, -0.15) is 0 Å². The fourth-order valence-electron chi connectivity index (χ4n) is 3.02. The minimum absolute atomic E-state index is 0.0485. The first kappa shape index (κ1) is 13.8. The van der Waals surface area contributed by atoms with Crippen LogP contribution < -0.4 is 10.6 Å². The lowest BCUT2D eigenvalue weighted by Gasteiger charge is -2.36. The molecule has 5 nitrogen and oxygen atoms in total. The number of benzene rings is 1. The summed E-state index contributed by atoms with van der Waals surface area (Å²) in [5.41, 5.74) is 7.28. The summed E-state index contributed by atoms with van der Waals surface area (Å²) in [5, 5.41) is 18.3. The molecule has 1 aliphatic heterocycles. The number of piperidine rings is 1. The summed E-state index contributed by atoms with van der Waals surface area (Å²) in [4.78, 5) is 6.84. The minimum Gasteiger partial charge on any atom is -0.394 e. The minimum atomic E-state index is 0.0485. The van der Waals surface area contributed by atoms with Gasteiger partial charge < -0.3 is 15.7 Å². The first-order valence-electron chi connectivity index (χ1n) is 7.32. The molecule has 21 heavy (non-hydrogen) atoms. The Labute approximate surface area is 123 Å². The van der Waals surface area contributed by atoms with Crippen molar-refractivity contribution in [1.29, 1.82) is 5.41 Å². The summed E-state index contributed by atoms with van der Waals surface area (Å²) in [6.07, 6.45) is 3.20. The van der Waals surface area contributed by atoms with Crippen LogP contribution >= 0.6 is 0 Å². The smallest absolute Gasteiger partial charge is 0.130 e. The zero-order chi connectivity index (χ0) is 14.8. The SMILES string of the molecule is N=C(N)c1cc(N2CCCCC2CO)nc2ccccc12. The van der Waals surface area contributed by atoms with Crippen LogP contribution in [0.2, 0.25) is 0 Å². The summed E-state index contributed by atoms with van der Waals surface area (Å²) in [7, 11) is 0.